The minimum atomic E-state index is 0.00210. The maximum absolute atomic E-state index is 12.7. The van der Waals surface area contributed by atoms with Gasteiger partial charge in [0.05, 0.1) is 0 Å². The molecule has 0 aliphatic carbocycles. The van der Waals surface area contributed by atoms with E-state index >= 15 is 0 Å². The van der Waals surface area contributed by atoms with Gasteiger partial charge in [0, 0.05) is 19.5 Å². The zero-order valence-electron chi connectivity index (χ0n) is 16.6. The Labute approximate surface area is 166 Å². The molecule has 5 heteroatoms. The summed E-state index contributed by atoms with van der Waals surface area (Å²) >= 11 is 0. The van der Waals surface area contributed by atoms with Crippen LogP contribution in [-0.2, 0) is 32.4 Å². The third kappa shape index (κ3) is 5.35. The van der Waals surface area contributed by atoms with Gasteiger partial charge in [-0.2, -0.15) is 5.10 Å². The molecule has 1 heterocycles. The quantitative estimate of drug-likeness (QED) is 0.542. The minimum absolute atomic E-state index is 0.00210. The van der Waals surface area contributed by atoms with Crippen LogP contribution in [0, 0.1) is 0 Å². The van der Waals surface area contributed by atoms with Gasteiger partial charge in [0.15, 0.2) is 0 Å². The molecule has 28 heavy (non-hydrogen) atoms. The lowest BCUT2D eigenvalue weighted by molar-refractivity contribution is 0.475. The van der Waals surface area contributed by atoms with Crippen LogP contribution in [-0.4, -0.2) is 19.5 Å². The average molecular weight is 380 g/mol. The van der Waals surface area contributed by atoms with Crippen molar-refractivity contribution in [3.05, 3.63) is 82.0 Å². The van der Waals surface area contributed by atoms with Crippen molar-refractivity contribution in [1.29, 1.82) is 0 Å². The van der Waals surface area contributed by atoms with E-state index in [0.717, 1.165) is 49.9 Å². The lowest BCUT2D eigenvalue weighted by atomic mass is 10.1. The van der Waals surface area contributed by atoms with Crippen LogP contribution in [0.4, 0.5) is 0 Å². The Morgan fingerprint density at radius 3 is 2.29 bits per heavy atom. The number of hydrogen-bond acceptors (Lipinski definition) is 3. The number of benzene rings is 2. The summed E-state index contributed by atoms with van der Waals surface area (Å²) in [7, 11) is 0. The van der Waals surface area contributed by atoms with Crippen molar-refractivity contribution in [3.63, 3.8) is 0 Å². The van der Waals surface area contributed by atoms with Gasteiger partial charge in [-0.25, -0.2) is 9.48 Å². The first kappa shape index (κ1) is 19.9. The summed E-state index contributed by atoms with van der Waals surface area (Å²) in [6.07, 6.45) is 5.44. The van der Waals surface area contributed by atoms with Gasteiger partial charge >= 0.3 is 5.69 Å². The molecule has 0 radical (unpaired) electrons. The predicted molar refractivity (Wildman–Crippen MR) is 112 cm³/mol. The van der Waals surface area contributed by atoms with Gasteiger partial charge in [-0.05, 0) is 55.4 Å². The van der Waals surface area contributed by atoms with Crippen LogP contribution < -0.4 is 5.69 Å². The molecule has 0 aliphatic rings. The van der Waals surface area contributed by atoms with Crippen molar-refractivity contribution in [3.8, 4) is 5.75 Å². The van der Waals surface area contributed by atoms with Crippen molar-refractivity contribution in [2.75, 3.05) is 0 Å². The second-order valence-electron chi connectivity index (χ2n) is 7.18. The number of phenols is 1. The molecule has 0 unspecified atom stereocenters. The number of aryl methyl sites for hydroxylation is 4. The maximum Gasteiger partial charge on any atom is 0.345 e. The smallest absolute Gasteiger partial charge is 0.345 e. The molecular formula is C23H29N3O2. The highest BCUT2D eigenvalue weighted by Gasteiger charge is 2.12. The molecule has 3 aromatic rings. The van der Waals surface area contributed by atoms with Crippen LogP contribution in [0.15, 0.2) is 59.4 Å². The largest absolute Gasteiger partial charge is 0.508 e. The fourth-order valence-corrected chi connectivity index (χ4v) is 3.42. The van der Waals surface area contributed by atoms with Crippen LogP contribution in [0.3, 0.4) is 0 Å². The highest BCUT2D eigenvalue weighted by molar-refractivity contribution is 5.26. The summed E-state index contributed by atoms with van der Waals surface area (Å²) < 4.78 is 3.45. The number of rotatable bonds is 10. The standard InChI is InChI=1S/C23H29N3O2/c1-2-17-25-22(16-13-20-11-14-21(27)15-12-20)24-26(23(25)28)18-7-6-10-19-8-4-3-5-9-19/h3-5,8-9,11-12,14-15,27H,2,6-7,10,13,16-18H2,1H3. The molecule has 0 aliphatic heterocycles. The first-order valence-corrected chi connectivity index (χ1v) is 10.2. The lowest BCUT2D eigenvalue weighted by Crippen LogP contribution is -2.25. The third-order valence-corrected chi connectivity index (χ3v) is 4.95. The average Bonchev–Trinajstić information content (AvgIpc) is 3.01. The van der Waals surface area contributed by atoms with E-state index in [9.17, 15) is 9.90 Å². The molecule has 3 rings (SSSR count). The first-order chi connectivity index (χ1) is 13.7. The van der Waals surface area contributed by atoms with Crippen molar-refractivity contribution in [2.45, 2.75) is 58.5 Å². The molecule has 0 amide bonds. The summed E-state index contributed by atoms with van der Waals surface area (Å²) in [6, 6.07) is 17.7. The molecule has 0 saturated heterocycles. The van der Waals surface area contributed by atoms with Crippen LogP contribution in [0.1, 0.15) is 43.1 Å². The van der Waals surface area contributed by atoms with Gasteiger partial charge < -0.3 is 5.11 Å². The van der Waals surface area contributed by atoms with E-state index < -0.39 is 0 Å². The SMILES string of the molecule is CCCn1c(CCc2ccc(O)cc2)nn(CCCCc2ccccc2)c1=O. The molecule has 0 saturated carbocycles. The van der Waals surface area contributed by atoms with Crippen LogP contribution in [0.25, 0.3) is 0 Å². The van der Waals surface area contributed by atoms with Gasteiger partial charge in [-0.15, -0.1) is 0 Å². The van der Waals surface area contributed by atoms with Gasteiger partial charge in [0.1, 0.15) is 11.6 Å². The van der Waals surface area contributed by atoms with E-state index in [0.29, 0.717) is 13.1 Å². The van der Waals surface area contributed by atoms with E-state index in [-0.39, 0.29) is 11.4 Å². The zero-order chi connectivity index (χ0) is 19.8. The van der Waals surface area contributed by atoms with Crippen molar-refractivity contribution in [2.24, 2.45) is 0 Å². The van der Waals surface area contributed by atoms with Crippen molar-refractivity contribution >= 4 is 0 Å². The van der Waals surface area contributed by atoms with Gasteiger partial charge in [0.25, 0.3) is 0 Å². The van der Waals surface area contributed by atoms with E-state index in [1.54, 1.807) is 16.8 Å². The predicted octanol–water partition coefficient (Wildman–Crippen LogP) is 3.97. The van der Waals surface area contributed by atoms with Crippen molar-refractivity contribution in [1.82, 2.24) is 14.3 Å². The molecule has 5 nitrogen and oxygen atoms in total. The van der Waals surface area contributed by atoms with Gasteiger partial charge in [-0.3, -0.25) is 4.57 Å². The molecule has 0 bridgehead atoms. The fourth-order valence-electron chi connectivity index (χ4n) is 3.42. The van der Waals surface area contributed by atoms with E-state index in [1.807, 2.05) is 22.8 Å². The summed E-state index contributed by atoms with van der Waals surface area (Å²) in [5.41, 5.74) is 2.47. The van der Waals surface area contributed by atoms with Crippen LogP contribution in [0.2, 0.25) is 0 Å². The number of aromatic nitrogens is 3. The highest BCUT2D eigenvalue weighted by Crippen LogP contribution is 2.12. The third-order valence-electron chi connectivity index (χ3n) is 4.95. The van der Waals surface area contributed by atoms with Gasteiger partial charge in [-0.1, -0.05) is 49.4 Å². The fraction of sp³-hybridized carbons (Fsp3) is 0.391. The molecule has 148 valence electrons. The molecule has 0 spiro atoms. The highest BCUT2D eigenvalue weighted by atomic mass is 16.3. The normalized spacial score (nSPS) is 11.0. The Morgan fingerprint density at radius 1 is 0.857 bits per heavy atom. The van der Waals surface area contributed by atoms with Gasteiger partial charge in [0.2, 0.25) is 0 Å². The maximum atomic E-state index is 12.7. The lowest BCUT2D eigenvalue weighted by Gasteiger charge is -2.04. The molecule has 0 fully saturated rings. The summed E-state index contributed by atoms with van der Waals surface area (Å²) in [5.74, 6) is 1.12. The second-order valence-corrected chi connectivity index (χ2v) is 7.18. The topological polar surface area (TPSA) is 60.0 Å². The first-order valence-electron chi connectivity index (χ1n) is 10.2. The summed E-state index contributed by atoms with van der Waals surface area (Å²) in [5, 5.41) is 14.0. The Bertz CT molecular complexity index is 911. The Kier molecular flexibility index (Phi) is 7.06. The van der Waals surface area contributed by atoms with Crippen molar-refractivity contribution < 1.29 is 5.11 Å². The van der Waals surface area contributed by atoms with E-state index in [1.165, 1.54) is 5.56 Å². The Morgan fingerprint density at radius 2 is 1.57 bits per heavy atom. The molecule has 2 aromatic carbocycles. The molecule has 0 atom stereocenters. The molecular weight excluding hydrogens is 350 g/mol. The molecule has 1 aromatic heterocycles. The summed E-state index contributed by atoms with van der Waals surface area (Å²) in [4.78, 5) is 12.7. The number of nitrogens with zero attached hydrogens (tertiary/aromatic N) is 3. The summed E-state index contributed by atoms with van der Waals surface area (Å²) in [6.45, 7) is 3.44. The zero-order valence-corrected chi connectivity index (χ0v) is 16.6. The minimum Gasteiger partial charge on any atom is -0.508 e. The van der Waals surface area contributed by atoms with Crippen LogP contribution >= 0.6 is 0 Å². The number of unbranched alkanes of at least 4 members (excludes halogenated alkanes) is 1. The monoisotopic (exact) mass is 379 g/mol. The van der Waals surface area contributed by atoms with E-state index in [2.05, 4.69) is 36.3 Å². The number of phenolic OH excluding ortho intramolecular Hbond substituents is 1. The van der Waals surface area contributed by atoms with Crippen LogP contribution in [0.5, 0.6) is 5.75 Å². The number of aromatic hydroxyl groups is 1. The second kappa shape index (κ2) is 9.93. The number of hydrogen-bond donors (Lipinski definition) is 1. The van der Waals surface area contributed by atoms with E-state index in [4.69, 9.17) is 0 Å². The Balaban J connectivity index is 1.60. The Hall–Kier alpha value is -2.82. The molecule has 1 N–H and O–H groups in total.